The van der Waals surface area contributed by atoms with Gasteiger partial charge in [-0.15, -0.1) is 0 Å². The van der Waals surface area contributed by atoms with Crippen LogP contribution in [0, 0.1) is 6.92 Å². The molecule has 1 aliphatic heterocycles. The Kier molecular flexibility index (Phi) is 4.37. The molecule has 1 atom stereocenters. The Balaban J connectivity index is 1.95. The minimum Gasteiger partial charge on any atom is -0.508 e. The summed E-state index contributed by atoms with van der Waals surface area (Å²) < 4.78 is 10.8. The summed E-state index contributed by atoms with van der Waals surface area (Å²) in [5.74, 6) is 0.128. The zero-order chi connectivity index (χ0) is 21.9. The molecule has 0 amide bonds. The fourth-order valence-electron chi connectivity index (χ4n) is 4.59. The normalized spacial score (nSPS) is 15.9. The van der Waals surface area contributed by atoms with Gasteiger partial charge >= 0.3 is 5.69 Å². The van der Waals surface area contributed by atoms with E-state index in [0.29, 0.717) is 35.3 Å². The number of phenolic OH excluding ortho intramolecular Hbond substituents is 1. The van der Waals surface area contributed by atoms with Crippen molar-refractivity contribution in [2.45, 2.75) is 19.6 Å². The molecule has 7 nitrogen and oxygen atoms in total. The van der Waals surface area contributed by atoms with Crippen molar-refractivity contribution in [3.8, 4) is 17.0 Å². The van der Waals surface area contributed by atoms with Gasteiger partial charge in [0.25, 0.3) is 5.56 Å². The second-order valence-corrected chi connectivity index (χ2v) is 7.99. The van der Waals surface area contributed by atoms with Crippen molar-refractivity contribution in [3.63, 3.8) is 0 Å². The largest absolute Gasteiger partial charge is 0.508 e. The van der Waals surface area contributed by atoms with Crippen LogP contribution in [0.4, 0.5) is 0 Å². The fourth-order valence-corrected chi connectivity index (χ4v) is 4.59. The molecule has 0 radical (unpaired) electrons. The minimum atomic E-state index is -0.605. The van der Waals surface area contributed by atoms with E-state index in [0.717, 1.165) is 21.4 Å². The molecule has 3 heterocycles. The topological polar surface area (TPSA) is 78.4 Å². The molecule has 5 rings (SSSR count). The number of rotatable bonds is 2. The van der Waals surface area contributed by atoms with E-state index in [9.17, 15) is 14.7 Å². The Morgan fingerprint density at radius 1 is 1.03 bits per heavy atom. The van der Waals surface area contributed by atoms with Gasteiger partial charge in [0.1, 0.15) is 11.9 Å². The van der Waals surface area contributed by atoms with Gasteiger partial charge < -0.3 is 14.4 Å². The molecule has 0 fully saturated rings. The van der Waals surface area contributed by atoms with Crippen LogP contribution in [0.15, 0.2) is 58.1 Å². The zero-order valence-electron chi connectivity index (χ0n) is 17.6. The van der Waals surface area contributed by atoms with Crippen LogP contribution < -0.4 is 11.2 Å². The number of hydrogen-bond acceptors (Lipinski definition) is 4. The Hall–Kier alpha value is -3.58. The van der Waals surface area contributed by atoms with E-state index >= 15 is 0 Å². The van der Waals surface area contributed by atoms with Crippen molar-refractivity contribution in [2.24, 2.45) is 14.1 Å². The van der Waals surface area contributed by atoms with E-state index in [1.807, 2.05) is 49.4 Å². The first kappa shape index (κ1) is 19.4. The van der Waals surface area contributed by atoms with Crippen LogP contribution in [-0.4, -0.2) is 25.4 Å². The molecule has 1 aliphatic rings. The van der Waals surface area contributed by atoms with Crippen molar-refractivity contribution in [1.82, 2.24) is 13.7 Å². The summed E-state index contributed by atoms with van der Waals surface area (Å²) in [7, 11) is 3.16. The first-order valence-corrected chi connectivity index (χ1v) is 10.2. The van der Waals surface area contributed by atoms with Gasteiger partial charge in [-0.25, -0.2) is 4.79 Å². The third-order valence-corrected chi connectivity index (χ3v) is 6.07. The van der Waals surface area contributed by atoms with Crippen LogP contribution in [0.2, 0.25) is 0 Å². The molecule has 158 valence electrons. The number of aromatic hydroxyl groups is 1. The van der Waals surface area contributed by atoms with Crippen molar-refractivity contribution < 1.29 is 9.84 Å². The molecule has 0 aliphatic carbocycles. The maximum absolute atomic E-state index is 13.3. The van der Waals surface area contributed by atoms with Gasteiger partial charge in [0.2, 0.25) is 0 Å². The molecule has 1 unspecified atom stereocenters. The lowest BCUT2D eigenvalue weighted by Crippen LogP contribution is -2.37. The van der Waals surface area contributed by atoms with Crippen LogP contribution in [0.3, 0.4) is 0 Å². The smallest absolute Gasteiger partial charge is 0.331 e. The van der Waals surface area contributed by atoms with Gasteiger partial charge in [0.05, 0.1) is 28.9 Å². The number of fused-ring (bicyclic) bond motifs is 3. The van der Waals surface area contributed by atoms with E-state index < -0.39 is 11.8 Å². The first-order valence-electron chi connectivity index (χ1n) is 10.2. The summed E-state index contributed by atoms with van der Waals surface area (Å²) in [6.45, 7) is 2.86. The predicted molar refractivity (Wildman–Crippen MR) is 118 cm³/mol. The molecule has 31 heavy (non-hydrogen) atoms. The second-order valence-electron chi connectivity index (χ2n) is 7.99. The third-order valence-electron chi connectivity index (χ3n) is 6.07. The minimum absolute atomic E-state index is 0.128. The number of phenols is 1. The molecule has 2 aromatic heterocycles. The molecule has 0 spiro atoms. The maximum Gasteiger partial charge on any atom is 0.331 e. The average Bonchev–Trinajstić information content (AvgIpc) is 3.12. The summed E-state index contributed by atoms with van der Waals surface area (Å²) in [5, 5.41) is 11.1. The summed E-state index contributed by atoms with van der Waals surface area (Å²) >= 11 is 0. The number of nitrogens with zero attached hydrogens (tertiary/aromatic N) is 3. The first-order chi connectivity index (χ1) is 14.9. The fraction of sp³-hybridized carbons (Fsp3) is 0.250. The maximum atomic E-state index is 13.3. The summed E-state index contributed by atoms with van der Waals surface area (Å²) in [5.41, 5.74) is 3.70. The van der Waals surface area contributed by atoms with Crippen LogP contribution in [0.25, 0.3) is 22.2 Å². The van der Waals surface area contributed by atoms with Crippen molar-refractivity contribution in [2.75, 3.05) is 6.61 Å². The molecule has 7 heteroatoms. The highest BCUT2D eigenvalue weighted by molar-refractivity contribution is 5.96. The Bertz CT molecular complexity index is 1440. The van der Waals surface area contributed by atoms with Crippen LogP contribution in [-0.2, 0) is 25.4 Å². The van der Waals surface area contributed by atoms with E-state index in [4.69, 9.17) is 4.74 Å². The van der Waals surface area contributed by atoms with Gasteiger partial charge in [-0.1, -0.05) is 42.5 Å². The zero-order valence-corrected chi connectivity index (χ0v) is 17.6. The highest BCUT2D eigenvalue weighted by Gasteiger charge is 2.34. The monoisotopic (exact) mass is 417 g/mol. The lowest BCUT2D eigenvalue weighted by atomic mass is 10.0. The molecular formula is C24H23N3O4. The molecule has 2 aromatic carbocycles. The van der Waals surface area contributed by atoms with Crippen LogP contribution in [0.1, 0.15) is 22.9 Å². The molecule has 0 saturated carbocycles. The Morgan fingerprint density at radius 3 is 2.48 bits per heavy atom. The predicted octanol–water partition coefficient (Wildman–Crippen LogP) is 2.84. The van der Waals surface area contributed by atoms with Crippen LogP contribution in [0.5, 0.6) is 5.75 Å². The van der Waals surface area contributed by atoms with E-state index in [-0.39, 0.29) is 11.3 Å². The van der Waals surface area contributed by atoms with Gasteiger partial charge in [-0.05, 0) is 24.1 Å². The summed E-state index contributed by atoms with van der Waals surface area (Å²) in [6, 6.07) is 15.1. The number of ether oxygens (including phenoxy) is 1. The second kappa shape index (κ2) is 6.99. The Morgan fingerprint density at radius 2 is 1.77 bits per heavy atom. The summed E-state index contributed by atoms with van der Waals surface area (Å²) in [4.78, 5) is 26.1. The molecular weight excluding hydrogens is 394 g/mol. The molecule has 1 N–H and O–H groups in total. The summed E-state index contributed by atoms with van der Waals surface area (Å²) in [6.07, 6.45) is -0.605. The lowest BCUT2D eigenvalue weighted by molar-refractivity contribution is 0.0464. The molecule has 0 saturated heterocycles. The molecule has 0 bridgehead atoms. The SMILES string of the molecule is Cc1ccc(C2OCCn3c(-c4ccccc4)c4c(=O)n(C)c(=O)n(C)c4c32)c(O)c1. The van der Waals surface area contributed by atoms with Crippen molar-refractivity contribution in [3.05, 3.63) is 86.2 Å². The van der Waals surface area contributed by atoms with E-state index in [2.05, 4.69) is 4.57 Å². The standard InChI is InChI=1S/C24H23N3O4/c1-14-9-10-16(17(28)13-14)22-21-20-18(23(29)26(3)24(30)25(20)2)19(27(21)11-12-31-22)15-7-5-4-6-8-15/h4-10,13,22,28H,11-12H2,1-3H3. The lowest BCUT2D eigenvalue weighted by Gasteiger charge is -2.28. The van der Waals surface area contributed by atoms with Gasteiger partial charge in [-0.2, -0.15) is 0 Å². The van der Waals surface area contributed by atoms with E-state index in [1.54, 1.807) is 13.1 Å². The van der Waals surface area contributed by atoms with Gasteiger partial charge in [0, 0.05) is 26.2 Å². The number of hydrogen-bond donors (Lipinski definition) is 1. The number of aryl methyl sites for hydroxylation is 2. The molecule has 4 aromatic rings. The third kappa shape index (κ3) is 2.77. The van der Waals surface area contributed by atoms with Crippen molar-refractivity contribution >= 4 is 10.9 Å². The van der Waals surface area contributed by atoms with Crippen LogP contribution >= 0.6 is 0 Å². The quantitative estimate of drug-likeness (QED) is 0.544. The number of aromatic nitrogens is 3. The van der Waals surface area contributed by atoms with Crippen molar-refractivity contribution in [1.29, 1.82) is 0 Å². The average molecular weight is 417 g/mol. The Labute approximate surface area is 178 Å². The van der Waals surface area contributed by atoms with Gasteiger partial charge in [-0.3, -0.25) is 13.9 Å². The number of benzene rings is 2. The van der Waals surface area contributed by atoms with E-state index in [1.165, 1.54) is 11.6 Å². The van der Waals surface area contributed by atoms with Gasteiger partial charge in [0.15, 0.2) is 0 Å². The highest BCUT2D eigenvalue weighted by Crippen LogP contribution is 2.42. The highest BCUT2D eigenvalue weighted by atomic mass is 16.5.